The molecular weight excluding hydrogens is 317 g/mol. The molecule has 0 amide bonds. The third-order valence-electron chi connectivity index (χ3n) is 2.31. The fourth-order valence-corrected chi connectivity index (χ4v) is 1.89. The van der Waals surface area contributed by atoms with E-state index >= 15 is 0 Å². The number of phenols is 1. The van der Waals surface area contributed by atoms with Crippen LogP contribution in [0.2, 0.25) is 0 Å². The molecule has 0 aromatic heterocycles. The molecule has 0 aliphatic rings. The Bertz CT molecular complexity index is 458. The van der Waals surface area contributed by atoms with Gasteiger partial charge in [0.2, 0.25) is 0 Å². The van der Waals surface area contributed by atoms with Gasteiger partial charge >= 0.3 is 12.1 Å². The molecule has 1 rings (SSSR count). The lowest BCUT2D eigenvalue weighted by Crippen LogP contribution is -2.10. The van der Waals surface area contributed by atoms with Gasteiger partial charge in [-0.05, 0) is 46.5 Å². The number of aliphatic carboxylic acids is 1. The predicted molar refractivity (Wildman–Crippen MR) is 61.4 cm³/mol. The van der Waals surface area contributed by atoms with Gasteiger partial charge in [0.15, 0.2) is 0 Å². The number of carboxylic acid groups (broad SMARTS) is 1. The molecule has 0 unspecified atom stereocenters. The second kappa shape index (κ2) is 5.60. The van der Waals surface area contributed by atoms with Crippen molar-refractivity contribution in [3.05, 3.63) is 27.7 Å². The Morgan fingerprint density at radius 3 is 2.44 bits per heavy atom. The average Bonchev–Trinajstić information content (AvgIpc) is 2.20. The van der Waals surface area contributed by atoms with Crippen LogP contribution in [0.5, 0.6) is 5.75 Å². The highest BCUT2D eigenvalue weighted by Crippen LogP contribution is 2.38. The highest BCUT2D eigenvalue weighted by Gasteiger charge is 2.34. The second-order valence-corrected chi connectivity index (χ2v) is 4.56. The lowest BCUT2D eigenvalue weighted by atomic mass is 10.0. The highest BCUT2D eigenvalue weighted by molar-refractivity contribution is 9.10. The number of alkyl halides is 3. The number of benzene rings is 1. The van der Waals surface area contributed by atoms with E-state index in [1.54, 1.807) is 0 Å². The third kappa shape index (κ3) is 3.90. The summed E-state index contributed by atoms with van der Waals surface area (Å²) in [5.74, 6) is -1.55. The molecule has 0 aliphatic heterocycles. The summed E-state index contributed by atoms with van der Waals surface area (Å²) in [6, 6.07) is 1.81. The monoisotopic (exact) mass is 326 g/mol. The molecule has 0 heterocycles. The Hall–Kier alpha value is -1.24. The van der Waals surface area contributed by atoms with Crippen molar-refractivity contribution in [1.29, 1.82) is 0 Å². The van der Waals surface area contributed by atoms with E-state index in [-0.39, 0.29) is 29.3 Å². The fourth-order valence-electron chi connectivity index (χ4n) is 1.50. The summed E-state index contributed by atoms with van der Waals surface area (Å²) in [5, 5.41) is 17.7. The van der Waals surface area contributed by atoms with Crippen LogP contribution in [0, 0.1) is 0 Å². The first-order valence-corrected chi connectivity index (χ1v) is 5.81. The van der Waals surface area contributed by atoms with Crippen molar-refractivity contribution in [2.75, 3.05) is 0 Å². The molecule has 7 heteroatoms. The summed E-state index contributed by atoms with van der Waals surface area (Å²) >= 11 is 2.93. The van der Waals surface area contributed by atoms with Crippen LogP contribution in [0.4, 0.5) is 13.2 Å². The zero-order valence-corrected chi connectivity index (χ0v) is 10.7. The van der Waals surface area contributed by atoms with Crippen LogP contribution in [0.3, 0.4) is 0 Å². The number of rotatable bonds is 4. The molecule has 0 radical (unpaired) electrons. The van der Waals surface area contributed by atoms with Crippen molar-refractivity contribution in [2.45, 2.75) is 25.4 Å². The Kier molecular flexibility index (Phi) is 4.61. The van der Waals surface area contributed by atoms with Crippen molar-refractivity contribution in [3.63, 3.8) is 0 Å². The average molecular weight is 327 g/mol. The molecule has 1 aromatic carbocycles. The van der Waals surface area contributed by atoms with E-state index in [4.69, 9.17) is 5.11 Å². The number of aryl methyl sites for hydroxylation is 1. The summed E-state index contributed by atoms with van der Waals surface area (Å²) in [5.41, 5.74) is -0.970. The van der Waals surface area contributed by atoms with E-state index in [9.17, 15) is 23.1 Å². The predicted octanol–water partition coefficient (Wildman–Crippen LogP) is 3.58. The maximum Gasteiger partial charge on any atom is 0.416 e. The van der Waals surface area contributed by atoms with Crippen LogP contribution in [0.15, 0.2) is 16.6 Å². The molecule has 0 spiro atoms. The standard InChI is InChI=1S/C11H10BrF3O3/c12-8-4-6(2-1-3-10(17)18)7(5-9(8)16)11(13,14)15/h4-5,16H,1-3H2,(H,17,18). The molecular formula is C11H10BrF3O3. The molecule has 1 aromatic rings. The van der Waals surface area contributed by atoms with Gasteiger partial charge in [-0.1, -0.05) is 0 Å². The van der Waals surface area contributed by atoms with E-state index < -0.39 is 23.5 Å². The second-order valence-electron chi connectivity index (χ2n) is 3.71. The molecule has 0 aliphatic carbocycles. The molecule has 18 heavy (non-hydrogen) atoms. The smallest absolute Gasteiger partial charge is 0.416 e. The van der Waals surface area contributed by atoms with E-state index in [0.717, 1.165) is 0 Å². The largest absolute Gasteiger partial charge is 0.507 e. The van der Waals surface area contributed by atoms with Gasteiger partial charge < -0.3 is 10.2 Å². The maximum atomic E-state index is 12.7. The fraction of sp³-hybridized carbons (Fsp3) is 0.364. The Labute approximate surface area is 109 Å². The lowest BCUT2D eigenvalue weighted by Gasteiger charge is -2.14. The van der Waals surface area contributed by atoms with Gasteiger partial charge in [-0.2, -0.15) is 13.2 Å². The van der Waals surface area contributed by atoms with Gasteiger partial charge in [-0.25, -0.2) is 0 Å². The zero-order valence-electron chi connectivity index (χ0n) is 9.09. The summed E-state index contributed by atoms with van der Waals surface area (Å²) in [6.45, 7) is 0. The Morgan fingerprint density at radius 2 is 1.94 bits per heavy atom. The number of hydrogen-bond acceptors (Lipinski definition) is 2. The number of phenolic OH excluding ortho intramolecular Hbond substituents is 1. The van der Waals surface area contributed by atoms with E-state index in [1.165, 1.54) is 6.07 Å². The van der Waals surface area contributed by atoms with Gasteiger partial charge in [0, 0.05) is 6.42 Å². The number of carboxylic acids is 1. The van der Waals surface area contributed by atoms with Crippen molar-refractivity contribution in [3.8, 4) is 5.75 Å². The molecule has 0 atom stereocenters. The first kappa shape index (κ1) is 14.8. The number of aromatic hydroxyl groups is 1. The van der Waals surface area contributed by atoms with Crippen LogP contribution in [0.1, 0.15) is 24.0 Å². The molecule has 0 saturated carbocycles. The quantitative estimate of drug-likeness (QED) is 0.889. The first-order chi connectivity index (χ1) is 8.21. The van der Waals surface area contributed by atoms with Crippen LogP contribution < -0.4 is 0 Å². The van der Waals surface area contributed by atoms with E-state index in [0.29, 0.717) is 6.07 Å². The maximum absolute atomic E-state index is 12.7. The Balaban J connectivity index is 3.01. The number of carbonyl (C=O) groups is 1. The van der Waals surface area contributed by atoms with E-state index in [2.05, 4.69) is 15.9 Å². The zero-order chi connectivity index (χ0) is 13.9. The van der Waals surface area contributed by atoms with Crippen LogP contribution in [-0.2, 0) is 17.4 Å². The molecule has 100 valence electrons. The van der Waals surface area contributed by atoms with Gasteiger partial charge in [-0.15, -0.1) is 0 Å². The Morgan fingerprint density at radius 1 is 1.33 bits per heavy atom. The third-order valence-corrected chi connectivity index (χ3v) is 2.95. The van der Waals surface area contributed by atoms with E-state index in [1.807, 2.05) is 0 Å². The molecule has 0 saturated heterocycles. The molecule has 3 nitrogen and oxygen atoms in total. The van der Waals surface area contributed by atoms with Crippen LogP contribution in [0.25, 0.3) is 0 Å². The van der Waals surface area contributed by atoms with Crippen molar-refractivity contribution < 1.29 is 28.2 Å². The normalized spacial score (nSPS) is 11.6. The first-order valence-electron chi connectivity index (χ1n) is 5.02. The molecule has 0 bridgehead atoms. The summed E-state index contributed by atoms with van der Waals surface area (Å²) in [7, 11) is 0. The molecule has 2 N–H and O–H groups in total. The minimum absolute atomic E-state index is 0.0139. The molecule has 0 fully saturated rings. The van der Waals surface area contributed by atoms with Crippen molar-refractivity contribution in [1.82, 2.24) is 0 Å². The summed E-state index contributed by atoms with van der Waals surface area (Å²) in [6.07, 6.45) is -4.68. The van der Waals surface area contributed by atoms with Gasteiger partial charge in [-0.3, -0.25) is 4.79 Å². The minimum atomic E-state index is -4.57. The summed E-state index contributed by atoms with van der Waals surface area (Å²) < 4.78 is 38.3. The number of hydrogen-bond donors (Lipinski definition) is 2. The SMILES string of the molecule is O=C(O)CCCc1cc(Br)c(O)cc1C(F)(F)F. The van der Waals surface area contributed by atoms with Crippen LogP contribution in [-0.4, -0.2) is 16.2 Å². The van der Waals surface area contributed by atoms with Crippen LogP contribution >= 0.6 is 15.9 Å². The van der Waals surface area contributed by atoms with Gasteiger partial charge in [0.1, 0.15) is 5.75 Å². The van der Waals surface area contributed by atoms with Gasteiger partial charge in [0.05, 0.1) is 10.0 Å². The minimum Gasteiger partial charge on any atom is -0.507 e. The van der Waals surface area contributed by atoms with Gasteiger partial charge in [0.25, 0.3) is 0 Å². The van der Waals surface area contributed by atoms with Crippen molar-refractivity contribution in [2.24, 2.45) is 0 Å². The highest BCUT2D eigenvalue weighted by atomic mass is 79.9. The lowest BCUT2D eigenvalue weighted by molar-refractivity contribution is -0.138. The van der Waals surface area contributed by atoms with Crippen molar-refractivity contribution >= 4 is 21.9 Å². The summed E-state index contributed by atoms with van der Waals surface area (Å²) in [4.78, 5) is 10.3. The number of halogens is 4. The topological polar surface area (TPSA) is 57.5 Å².